The van der Waals surface area contributed by atoms with Crippen molar-refractivity contribution in [2.45, 2.75) is 25.3 Å². The van der Waals surface area contributed by atoms with Crippen LogP contribution in [0.4, 0.5) is 4.79 Å². The number of urea groups is 1. The summed E-state index contributed by atoms with van der Waals surface area (Å²) in [4.78, 5) is 38.7. The standard InChI is InChI=1S/C19H20N2O4S/c1-19(10-9-13-5-7-14(25-2)8-6-13)17(23)21(18(24)20-19)12-15(22)16-4-3-11-26-16/h3-8,11H,9-10,12H2,1-2H3,(H,20,24)/t19-/m0/s1. The number of nitrogens with zero attached hydrogens (tertiary/aromatic N) is 1. The van der Waals surface area contributed by atoms with Gasteiger partial charge in [0.25, 0.3) is 5.91 Å². The summed E-state index contributed by atoms with van der Waals surface area (Å²) in [6, 6.07) is 10.5. The van der Waals surface area contributed by atoms with E-state index in [0.29, 0.717) is 17.7 Å². The summed E-state index contributed by atoms with van der Waals surface area (Å²) in [5.41, 5.74) is 0.0365. The van der Waals surface area contributed by atoms with E-state index in [0.717, 1.165) is 16.2 Å². The first-order valence-corrected chi connectivity index (χ1v) is 9.15. The molecule has 0 radical (unpaired) electrons. The predicted molar refractivity (Wildman–Crippen MR) is 98.6 cm³/mol. The topological polar surface area (TPSA) is 75.7 Å². The molecule has 26 heavy (non-hydrogen) atoms. The van der Waals surface area contributed by atoms with Crippen LogP contribution in [0.2, 0.25) is 0 Å². The fraction of sp³-hybridized carbons (Fsp3) is 0.316. The molecule has 2 aromatic rings. The largest absolute Gasteiger partial charge is 0.497 e. The highest BCUT2D eigenvalue weighted by Crippen LogP contribution is 2.24. The van der Waals surface area contributed by atoms with E-state index in [2.05, 4.69) is 5.32 Å². The molecular weight excluding hydrogens is 352 g/mol. The highest BCUT2D eigenvalue weighted by atomic mass is 32.1. The molecule has 1 saturated heterocycles. The van der Waals surface area contributed by atoms with Gasteiger partial charge in [0.05, 0.1) is 18.5 Å². The van der Waals surface area contributed by atoms with Crippen LogP contribution < -0.4 is 10.1 Å². The third-order valence-corrected chi connectivity index (χ3v) is 5.43. The van der Waals surface area contributed by atoms with E-state index in [1.54, 1.807) is 31.5 Å². The third-order valence-electron chi connectivity index (χ3n) is 4.52. The van der Waals surface area contributed by atoms with Gasteiger partial charge in [-0.2, -0.15) is 0 Å². The van der Waals surface area contributed by atoms with Gasteiger partial charge in [-0.15, -0.1) is 11.3 Å². The van der Waals surface area contributed by atoms with E-state index in [-0.39, 0.29) is 18.2 Å². The lowest BCUT2D eigenvalue weighted by Crippen LogP contribution is -2.44. The Morgan fingerprint density at radius 2 is 1.96 bits per heavy atom. The predicted octanol–water partition coefficient (Wildman–Crippen LogP) is 2.88. The van der Waals surface area contributed by atoms with Crippen LogP contribution in [0.15, 0.2) is 41.8 Å². The van der Waals surface area contributed by atoms with Crippen molar-refractivity contribution < 1.29 is 19.1 Å². The first-order valence-electron chi connectivity index (χ1n) is 8.27. The molecule has 136 valence electrons. The second-order valence-electron chi connectivity index (χ2n) is 6.40. The summed E-state index contributed by atoms with van der Waals surface area (Å²) in [5.74, 6) is 0.173. The highest BCUT2D eigenvalue weighted by Gasteiger charge is 2.47. The van der Waals surface area contributed by atoms with Crippen LogP contribution in [0.1, 0.15) is 28.6 Å². The minimum Gasteiger partial charge on any atom is -0.497 e. The van der Waals surface area contributed by atoms with Crippen molar-refractivity contribution in [2.75, 3.05) is 13.7 Å². The first kappa shape index (κ1) is 18.1. The molecule has 2 heterocycles. The van der Waals surface area contributed by atoms with Gasteiger partial charge in [-0.05, 0) is 48.9 Å². The molecule has 1 atom stereocenters. The fourth-order valence-electron chi connectivity index (χ4n) is 2.91. The number of hydrogen-bond donors (Lipinski definition) is 1. The highest BCUT2D eigenvalue weighted by molar-refractivity contribution is 7.12. The molecule has 3 rings (SSSR count). The number of ether oxygens (including phenoxy) is 1. The number of thiophene rings is 1. The van der Waals surface area contributed by atoms with Crippen LogP contribution in [0.3, 0.4) is 0 Å². The van der Waals surface area contributed by atoms with Crippen LogP contribution in [-0.2, 0) is 11.2 Å². The van der Waals surface area contributed by atoms with Gasteiger partial charge in [-0.1, -0.05) is 18.2 Å². The first-order chi connectivity index (χ1) is 12.4. The molecule has 1 aromatic carbocycles. The maximum absolute atomic E-state index is 12.7. The molecule has 0 bridgehead atoms. The number of methoxy groups -OCH3 is 1. The Hall–Kier alpha value is -2.67. The number of imide groups is 1. The summed E-state index contributed by atoms with van der Waals surface area (Å²) in [5, 5.41) is 4.53. The van der Waals surface area contributed by atoms with Gasteiger partial charge < -0.3 is 10.1 Å². The van der Waals surface area contributed by atoms with Crippen molar-refractivity contribution in [3.05, 3.63) is 52.2 Å². The maximum Gasteiger partial charge on any atom is 0.325 e. The second-order valence-corrected chi connectivity index (χ2v) is 7.35. The van der Waals surface area contributed by atoms with Gasteiger partial charge in [0.15, 0.2) is 5.78 Å². The number of carbonyl (C=O) groups excluding carboxylic acids is 3. The Morgan fingerprint density at radius 3 is 2.58 bits per heavy atom. The Bertz CT molecular complexity index is 817. The van der Waals surface area contributed by atoms with Gasteiger partial charge in [0, 0.05) is 0 Å². The lowest BCUT2D eigenvalue weighted by molar-refractivity contribution is -0.130. The van der Waals surface area contributed by atoms with E-state index >= 15 is 0 Å². The van der Waals surface area contributed by atoms with E-state index in [1.165, 1.54) is 11.3 Å². The van der Waals surface area contributed by atoms with Crippen LogP contribution in [-0.4, -0.2) is 41.8 Å². The van der Waals surface area contributed by atoms with Crippen molar-refractivity contribution in [1.29, 1.82) is 0 Å². The van der Waals surface area contributed by atoms with Crippen molar-refractivity contribution in [1.82, 2.24) is 10.2 Å². The number of rotatable bonds is 7. The van der Waals surface area contributed by atoms with E-state index in [1.807, 2.05) is 24.3 Å². The zero-order valence-corrected chi connectivity index (χ0v) is 15.5. The molecule has 0 spiro atoms. The number of amides is 3. The Labute approximate surface area is 155 Å². The van der Waals surface area contributed by atoms with Crippen LogP contribution >= 0.6 is 11.3 Å². The van der Waals surface area contributed by atoms with Gasteiger partial charge in [-0.3, -0.25) is 14.5 Å². The normalized spacial score (nSPS) is 19.5. The van der Waals surface area contributed by atoms with Crippen molar-refractivity contribution in [2.24, 2.45) is 0 Å². The molecule has 0 aliphatic carbocycles. The number of ketones is 1. The van der Waals surface area contributed by atoms with Crippen LogP contribution in [0, 0.1) is 0 Å². The van der Waals surface area contributed by atoms with Gasteiger partial charge in [0.2, 0.25) is 0 Å². The molecule has 3 amide bonds. The minimum atomic E-state index is -1.01. The molecule has 0 unspecified atom stereocenters. The number of carbonyl (C=O) groups is 3. The summed E-state index contributed by atoms with van der Waals surface area (Å²) in [6.45, 7) is 1.47. The van der Waals surface area contributed by atoms with E-state index < -0.39 is 11.6 Å². The number of aryl methyl sites for hydroxylation is 1. The second kappa shape index (κ2) is 7.29. The number of benzene rings is 1. The van der Waals surface area contributed by atoms with Gasteiger partial charge in [0.1, 0.15) is 11.3 Å². The third kappa shape index (κ3) is 3.62. The summed E-state index contributed by atoms with van der Waals surface area (Å²) < 4.78 is 5.13. The lowest BCUT2D eigenvalue weighted by Gasteiger charge is -2.21. The van der Waals surface area contributed by atoms with Crippen LogP contribution in [0.5, 0.6) is 5.75 Å². The SMILES string of the molecule is COc1ccc(CC[C@]2(C)NC(=O)N(CC(=O)c3cccs3)C2=O)cc1. The molecule has 1 aromatic heterocycles. The minimum absolute atomic E-state index is 0.233. The van der Waals surface area contributed by atoms with Crippen molar-refractivity contribution in [3.63, 3.8) is 0 Å². The quantitative estimate of drug-likeness (QED) is 0.599. The van der Waals surface area contributed by atoms with Crippen molar-refractivity contribution >= 4 is 29.1 Å². The van der Waals surface area contributed by atoms with E-state index in [4.69, 9.17) is 4.74 Å². The fourth-order valence-corrected chi connectivity index (χ4v) is 3.56. The molecule has 1 aliphatic heterocycles. The average Bonchev–Trinajstić information content (AvgIpc) is 3.24. The molecule has 0 saturated carbocycles. The zero-order chi connectivity index (χ0) is 18.7. The molecule has 7 heteroatoms. The van der Waals surface area contributed by atoms with Gasteiger partial charge in [-0.25, -0.2) is 4.79 Å². The lowest BCUT2D eigenvalue weighted by atomic mass is 9.93. The molecule has 6 nitrogen and oxygen atoms in total. The summed E-state index contributed by atoms with van der Waals surface area (Å²) in [7, 11) is 1.61. The van der Waals surface area contributed by atoms with Crippen molar-refractivity contribution in [3.8, 4) is 5.75 Å². The maximum atomic E-state index is 12.7. The number of Topliss-reactive ketones (excluding diaryl/α,β-unsaturated/α-hetero) is 1. The van der Waals surface area contributed by atoms with Gasteiger partial charge >= 0.3 is 6.03 Å². The summed E-state index contributed by atoms with van der Waals surface area (Å²) >= 11 is 1.30. The zero-order valence-electron chi connectivity index (χ0n) is 14.7. The average molecular weight is 372 g/mol. The smallest absolute Gasteiger partial charge is 0.325 e. The molecule has 1 aliphatic rings. The van der Waals surface area contributed by atoms with E-state index in [9.17, 15) is 14.4 Å². The molecule has 1 N–H and O–H groups in total. The monoisotopic (exact) mass is 372 g/mol. The van der Waals surface area contributed by atoms with Crippen LogP contribution in [0.25, 0.3) is 0 Å². The Balaban J connectivity index is 1.65. The molecular formula is C19H20N2O4S. The number of nitrogens with one attached hydrogen (secondary N) is 1. The Kier molecular flexibility index (Phi) is 5.08. The summed E-state index contributed by atoms with van der Waals surface area (Å²) in [6.07, 6.45) is 1.08. The molecule has 1 fully saturated rings. The number of hydrogen-bond acceptors (Lipinski definition) is 5. The Morgan fingerprint density at radius 1 is 1.23 bits per heavy atom.